The highest BCUT2D eigenvalue weighted by Gasteiger charge is 2.05. The van der Waals surface area contributed by atoms with E-state index in [1.807, 2.05) is 50.8 Å². The first-order valence-corrected chi connectivity index (χ1v) is 8.71. The van der Waals surface area contributed by atoms with Gasteiger partial charge in [0.25, 0.3) is 0 Å². The standard InChI is InChI=1S/C22H24N4/c1-25(2)22-13-14-23-21(15-22)16-24-26(17-19-9-5-3-6-10-19)18-20-11-7-4-8-12-20/h3-16H,17-18H2,1-2H3/b24-16-. The molecule has 26 heavy (non-hydrogen) atoms. The minimum absolute atomic E-state index is 0.750. The Morgan fingerprint density at radius 1 is 0.846 bits per heavy atom. The van der Waals surface area contributed by atoms with Crippen LogP contribution in [0.15, 0.2) is 84.1 Å². The minimum Gasteiger partial charge on any atom is -0.378 e. The van der Waals surface area contributed by atoms with E-state index in [0.717, 1.165) is 24.5 Å². The van der Waals surface area contributed by atoms with E-state index in [9.17, 15) is 0 Å². The van der Waals surface area contributed by atoms with Gasteiger partial charge in [-0.25, -0.2) is 0 Å². The van der Waals surface area contributed by atoms with Gasteiger partial charge in [0, 0.05) is 26.0 Å². The molecule has 0 saturated heterocycles. The van der Waals surface area contributed by atoms with Crippen LogP contribution < -0.4 is 4.90 Å². The Hall–Kier alpha value is -3.14. The van der Waals surface area contributed by atoms with E-state index in [1.54, 1.807) is 0 Å². The van der Waals surface area contributed by atoms with Crippen molar-refractivity contribution >= 4 is 11.9 Å². The number of rotatable bonds is 7. The van der Waals surface area contributed by atoms with Crippen molar-refractivity contribution in [3.8, 4) is 0 Å². The van der Waals surface area contributed by atoms with Crippen LogP contribution in [0.4, 0.5) is 5.69 Å². The van der Waals surface area contributed by atoms with Gasteiger partial charge >= 0.3 is 0 Å². The summed E-state index contributed by atoms with van der Waals surface area (Å²) >= 11 is 0. The van der Waals surface area contributed by atoms with Gasteiger partial charge in [0.2, 0.25) is 0 Å². The van der Waals surface area contributed by atoms with E-state index < -0.39 is 0 Å². The van der Waals surface area contributed by atoms with Gasteiger partial charge in [0.1, 0.15) is 0 Å². The molecule has 0 aliphatic heterocycles. The summed E-state index contributed by atoms with van der Waals surface area (Å²) in [6.07, 6.45) is 3.65. The topological polar surface area (TPSA) is 31.7 Å². The van der Waals surface area contributed by atoms with Crippen molar-refractivity contribution in [3.63, 3.8) is 0 Å². The Morgan fingerprint density at radius 2 is 1.42 bits per heavy atom. The molecular weight excluding hydrogens is 320 g/mol. The van der Waals surface area contributed by atoms with Crippen molar-refractivity contribution in [2.24, 2.45) is 5.10 Å². The Labute approximate surface area is 155 Å². The molecule has 4 heteroatoms. The molecule has 0 unspecified atom stereocenters. The zero-order valence-corrected chi connectivity index (χ0v) is 15.3. The Morgan fingerprint density at radius 3 is 1.96 bits per heavy atom. The Bertz CT molecular complexity index is 788. The van der Waals surface area contributed by atoms with E-state index in [4.69, 9.17) is 5.10 Å². The normalized spacial score (nSPS) is 10.8. The number of nitrogens with zero attached hydrogens (tertiary/aromatic N) is 4. The SMILES string of the molecule is CN(C)c1ccnc(/C=N\N(Cc2ccccc2)Cc2ccccc2)c1. The van der Waals surface area contributed by atoms with Gasteiger partial charge in [-0.1, -0.05) is 60.7 Å². The fourth-order valence-corrected chi connectivity index (χ4v) is 2.65. The summed E-state index contributed by atoms with van der Waals surface area (Å²) in [5, 5.41) is 6.78. The van der Waals surface area contributed by atoms with Gasteiger partial charge < -0.3 is 4.90 Å². The number of aromatic nitrogens is 1. The van der Waals surface area contributed by atoms with E-state index >= 15 is 0 Å². The average Bonchev–Trinajstić information content (AvgIpc) is 2.68. The second kappa shape index (κ2) is 8.81. The van der Waals surface area contributed by atoms with Crippen LogP contribution in [0.5, 0.6) is 0 Å². The van der Waals surface area contributed by atoms with Gasteiger partial charge in [0.05, 0.1) is 25.0 Å². The number of anilines is 1. The van der Waals surface area contributed by atoms with Crippen LogP contribution >= 0.6 is 0 Å². The van der Waals surface area contributed by atoms with Gasteiger partial charge in [0.15, 0.2) is 0 Å². The Balaban J connectivity index is 1.79. The lowest BCUT2D eigenvalue weighted by molar-refractivity contribution is 0.272. The summed E-state index contributed by atoms with van der Waals surface area (Å²) in [5.74, 6) is 0. The molecule has 132 valence electrons. The molecule has 1 heterocycles. The first kappa shape index (κ1) is 17.7. The molecule has 0 atom stereocenters. The first-order valence-electron chi connectivity index (χ1n) is 8.71. The smallest absolute Gasteiger partial charge is 0.0850 e. The average molecular weight is 344 g/mol. The molecule has 0 fully saturated rings. The third-order valence-corrected chi connectivity index (χ3v) is 4.05. The second-order valence-electron chi connectivity index (χ2n) is 6.37. The van der Waals surface area contributed by atoms with Crippen molar-refractivity contribution in [1.82, 2.24) is 9.99 Å². The molecule has 0 saturated carbocycles. The molecule has 0 spiro atoms. The van der Waals surface area contributed by atoms with Crippen molar-refractivity contribution in [2.45, 2.75) is 13.1 Å². The number of hydrogen-bond donors (Lipinski definition) is 0. The molecule has 3 aromatic rings. The molecule has 0 aliphatic rings. The highest BCUT2D eigenvalue weighted by molar-refractivity contribution is 5.78. The third-order valence-electron chi connectivity index (χ3n) is 4.05. The summed E-state index contributed by atoms with van der Waals surface area (Å²) in [4.78, 5) is 6.47. The Kier molecular flexibility index (Phi) is 5.99. The molecule has 1 aromatic heterocycles. The number of hydrogen-bond acceptors (Lipinski definition) is 4. The molecule has 0 N–H and O–H groups in total. The van der Waals surface area contributed by atoms with Crippen LogP contribution in [0.3, 0.4) is 0 Å². The molecular formula is C22H24N4. The first-order chi connectivity index (χ1) is 12.7. The van der Waals surface area contributed by atoms with Crippen LogP contribution in [0.2, 0.25) is 0 Å². The van der Waals surface area contributed by atoms with Crippen LogP contribution in [0, 0.1) is 0 Å². The third kappa shape index (κ3) is 5.18. The summed E-state index contributed by atoms with van der Waals surface area (Å²) in [7, 11) is 4.04. The summed E-state index contributed by atoms with van der Waals surface area (Å²) < 4.78 is 0. The zero-order chi connectivity index (χ0) is 18.2. The molecule has 0 aliphatic carbocycles. The monoisotopic (exact) mass is 344 g/mol. The summed E-state index contributed by atoms with van der Waals surface area (Å²) in [5.41, 5.74) is 4.42. The molecule has 0 bridgehead atoms. The van der Waals surface area contributed by atoms with Gasteiger partial charge in [-0.15, -0.1) is 0 Å². The predicted octanol–water partition coefficient (Wildman–Crippen LogP) is 4.18. The number of hydrazone groups is 1. The maximum absolute atomic E-state index is 4.71. The molecule has 0 radical (unpaired) electrons. The molecule has 2 aromatic carbocycles. The van der Waals surface area contributed by atoms with Gasteiger partial charge in [-0.3, -0.25) is 9.99 Å². The second-order valence-corrected chi connectivity index (χ2v) is 6.37. The van der Waals surface area contributed by atoms with Crippen molar-refractivity contribution in [1.29, 1.82) is 0 Å². The van der Waals surface area contributed by atoms with Crippen molar-refractivity contribution in [2.75, 3.05) is 19.0 Å². The van der Waals surface area contributed by atoms with Crippen LogP contribution in [-0.4, -0.2) is 30.3 Å². The van der Waals surface area contributed by atoms with Gasteiger partial charge in [-0.2, -0.15) is 5.10 Å². The maximum atomic E-state index is 4.71. The lowest BCUT2D eigenvalue weighted by Gasteiger charge is -2.19. The van der Waals surface area contributed by atoms with Crippen molar-refractivity contribution < 1.29 is 0 Å². The predicted molar refractivity (Wildman–Crippen MR) is 108 cm³/mol. The van der Waals surface area contributed by atoms with E-state index in [1.165, 1.54) is 11.1 Å². The van der Waals surface area contributed by atoms with E-state index in [0.29, 0.717) is 0 Å². The number of benzene rings is 2. The molecule has 0 amide bonds. The number of pyridine rings is 1. The quantitative estimate of drug-likeness (QED) is 0.476. The van der Waals surface area contributed by atoms with E-state index in [-0.39, 0.29) is 0 Å². The lowest BCUT2D eigenvalue weighted by Crippen LogP contribution is -2.17. The van der Waals surface area contributed by atoms with Gasteiger partial charge in [-0.05, 0) is 23.3 Å². The minimum atomic E-state index is 0.750. The lowest BCUT2D eigenvalue weighted by atomic mass is 10.2. The largest absolute Gasteiger partial charge is 0.378 e. The van der Waals surface area contributed by atoms with Crippen LogP contribution in [-0.2, 0) is 13.1 Å². The van der Waals surface area contributed by atoms with Crippen LogP contribution in [0.25, 0.3) is 0 Å². The molecule has 4 nitrogen and oxygen atoms in total. The highest BCUT2D eigenvalue weighted by Crippen LogP contribution is 2.12. The zero-order valence-electron chi connectivity index (χ0n) is 15.3. The fourth-order valence-electron chi connectivity index (χ4n) is 2.65. The van der Waals surface area contributed by atoms with Crippen molar-refractivity contribution in [3.05, 3.63) is 95.8 Å². The van der Waals surface area contributed by atoms with E-state index in [2.05, 4.69) is 63.4 Å². The fraction of sp³-hybridized carbons (Fsp3) is 0.182. The molecule has 3 rings (SSSR count). The van der Waals surface area contributed by atoms with Crippen LogP contribution in [0.1, 0.15) is 16.8 Å². The summed E-state index contributed by atoms with van der Waals surface area (Å²) in [6.45, 7) is 1.50. The summed E-state index contributed by atoms with van der Waals surface area (Å²) in [6, 6.07) is 24.8. The maximum Gasteiger partial charge on any atom is 0.0850 e. The highest BCUT2D eigenvalue weighted by atomic mass is 15.4.